The number of nitrogens with one attached hydrogen (secondary N) is 3. The Morgan fingerprint density at radius 2 is 1.84 bits per heavy atom. The molecule has 0 radical (unpaired) electrons. The third-order valence-electron chi connectivity index (χ3n) is 5.24. The fourth-order valence-corrected chi connectivity index (χ4v) is 4.60. The van der Waals surface area contributed by atoms with Crippen LogP contribution in [0.4, 0.5) is 5.00 Å². The molecule has 2 heterocycles. The molecule has 0 bridgehead atoms. The number of nitrogens with two attached hydrogens (primary N) is 1. The molecular formula is C23H22N4O4S. The second-order valence-electron chi connectivity index (χ2n) is 7.40. The van der Waals surface area contributed by atoms with Gasteiger partial charge in [-0.1, -0.05) is 42.5 Å². The minimum absolute atomic E-state index is 0.109. The van der Waals surface area contributed by atoms with Crippen LogP contribution in [-0.2, 0) is 17.8 Å². The molecule has 0 fully saturated rings. The second kappa shape index (κ2) is 8.72. The normalized spacial score (nSPS) is 17.0. The number of benzene rings is 2. The van der Waals surface area contributed by atoms with Crippen LogP contribution in [0.3, 0.4) is 0 Å². The van der Waals surface area contributed by atoms with Crippen molar-refractivity contribution < 1.29 is 19.1 Å². The Kier molecular flexibility index (Phi) is 5.83. The topological polar surface area (TPSA) is 123 Å². The van der Waals surface area contributed by atoms with Gasteiger partial charge in [-0.3, -0.25) is 14.4 Å². The highest BCUT2D eigenvalue weighted by molar-refractivity contribution is 7.15. The Balaban J connectivity index is 1.57. The second-order valence-corrected chi connectivity index (χ2v) is 8.28. The molecule has 1 unspecified atom stereocenters. The van der Waals surface area contributed by atoms with Crippen LogP contribution in [0.5, 0.6) is 5.75 Å². The Morgan fingerprint density at radius 1 is 1.09 bits per heavy atom. The summed E-state index contributed by atoms with van der Waals surface area (Å²) in [7, 11) is 1.55. The number of amides is 3. The van der Waals surface area contributed by atoms with Crippen molar-refractivity contribution in [2.24, 2.45) is 5.73 Å². The zero-order valence-electron chi connectivity index (χ0n) is 17.3. The number of hydrogen-bond donors (Lipinski definition) is 4. The number of primary amides is 1. The standard InChI is InChI=1S/C23H22N4O4S/c1-31-16-9-5-8-15(10-16)11-23(22(24)30)26-20(29)18-17(13-32-21(18)27-23)19(28)25-12-14-6-3-2-4-7-14/h2-10,13,27H,11-12H2,1H3,(H2,24,30)(H,25,28)(H,26,29). The van der Waals surface area contributed by atoms with Crippen molar-refractivity contribution in [1.29, 1.82) is 0 Å². The van der Waals surface area contributed by atoms with Crippen LogP contribution in [0, 0.1) is 0 Å². The monoisotopic (exact) mass is 450 g/mol. The molecule has 2 aromatic carbocycles. The van der Waals surface area contributed by atoms with E-state index >= 15 is 0 Å². The van der Waals surface area contributed by atoms with E-state index in [0.717, 1.165) is 11.1 Å². The number of fused-ring (bicyclic) bond motifs is 1. The Labute approximate surface area is 188 Å². The lowest BCUT2D eigenvalue weighted by Gasteiger charge is -2.36. The van der Waals surface area contributed by atoms with E-state index in [0.29, 0.717) is 17.3 Å². The fraction of sp³-hybridized carbons (Fsp3) is 0.174. The molecule has 32 heavy (non-hydrogen) atoms. The number of carbonyl (C=O) groups excluding carboxylic acids is 3. The van der Waals surface area contributed by atoms with Crippen molar-refractivity contribution in [2.45, 2.75) is 18.6 Å². The summed E-state index contributed by atoms with van der Waals surface area (Å²) < 4.78 is 5.23. The van der Waals surface area contributed by atoms with Crippen molar-refractivity contribution in [1.82, 2.24) is 10.6 Å². The van der Waals surface area contributed by atoms with Gasteiger partial charge in [0.25, 0.3) is 17.7 Å². The fourth-order valence-electron chi connectivity index (χ4n) is 3.58. The smallest absolute Gasteiger partial charge is 0.264 e. The number of methoxy groups -OCH3 is 1. The maximum Gasteiger partial charge on any atom is 0.264 e. The zero-order chi connectivity index (χ0) is 22.7. The van der Waals surface area contributed by atoms with E-state index in [2.05, 4.69) is 16.0 Å². The minimum atomic E-state index is -1.53. The molecule has 1 aliphatic rings. The first-order chi connectivity index (χ1) is 15.4. The molecule has 0 saturated carbocycles. The molecule has 1 atom stereocenters. The van der Waals surface area contributed by atoms with E-state index in [1.165, 1.54) is 11.3 Å². The van der Waals surface area contributed by atoms with Crippen LogP contribution >= 0.6 is 11.3 Å². The van der Waals surface area contributed by atoms with Crippen LogP contribution in [0.1, 0.15) is 31.8 Å². The summed E-state index contributed by atoms with van der Waals surface area (Å²) in [4.78, 5) is 38.2. The number of ether oxygens (including phenoxy) is 1. The van der Waals surface area contributed by atoms with Crippen LogP contribution < -0.4 is 26.4 Å². The first kappa shape index (κ1) is 21.4. The summed E-state index contributed by atoms with van der Waals surface area (Å²) in [6.07, 6.45) is 0.109. The molecule has 3 aromatic rings. The third kappa shape index (κ3) is 4.15. The molecule has 5 N–H and O–H groups in total. The van der Waals surface area contributed by atoms with Gasteiger partial charge in [-0.2, -0.15) is 0 Å². The number of hydrogen-bond acceptors (Lipinski definition) is 6. The van der Waals surface area contributed by atoms with E-state index in [4.69, 9.17) is 10.5 Å². The SMILES string of the molecule is COc1cccc(CC2(C(N)=O)NC(=O)c3c(C(=O)NCc4ccccc4)csc3N2)c1. The Morgan fingerprint density at radius 3 is 2.56 bits per heavy atom. The van der Waals surface area contributed by atoms with Crippen LogP contribution in [0.25, 0.3) is 0 Å². The van der Waals surface area contributed by atoms with Gasteiger partial charge in [0.05, 0.1) is 18.2 Å². The van der Waals surface area contributed by atoms with Gasteiger partial charge in [-0.25, -0.2) is 0 Å². The summed E-state index contributed by atoms with van der Waals surface area (Å²) >= 11 is 1.18. The van der Waals surface area contributed by atoms with Gasteiger partial charge >= 0.3 is 0 Å². The van der Waals surface area contributed by atoms with Gasteiger partial charge in [-0.05, 0) is 23.3 Å². The maximum absolute atomic E-state index is 13.0. The molecule has 8 nitrogen and oxygen atoms in total. The van der Waals surface area contributed by atoms with Crippen LogP contribution in [0.2, 0.25) is 0 Å². The highest BCUT2D eigenvalue weighted by Crippen LogP contribution is 2.35. The predicted octanol–water partition coefficient (Wildman–Crippen LogP) is 2.27. The molecule has 164 valence electrons. The van der Waals surface area contributed by atoms with Gasteiger partial charge in [0, 0.05) is 18.3 Å². The van der Waals surface area contributed by atoms with Crippen molar-refractivity contribution in [3.8, 4) is 5.75 Å². The summed E-state index contributed by atoms with van der Waals surface area (Å²) in [5.74, 6) is -1.02. The summed E-state index contributed by atoms with van der Waals surface area (Å²) in [6, 6.07) is 16.6. The predicted molar refractivity (Wildman–Crippen MR) is 122 cm³/mol. The molecule has 0 aliphatic carbocycles. The average Bonchev–Trinajstić information content (AvgIpc) is 3.22. The van der Waals surface area contributed by atoms with E-state index in [9.17, 15) is 14.4 Å². The number of anilines is 1. The van der Waals surface area contributed by atoms with E-state index in [1.807, 2.05) is 36.4 Å². The van der Waals surface area contributed by atoms with Gasteiger partial charge in [-0.15, -0.1) is 11.3 Å². The maximum atomic E-state index is 13.0. The summed E-state index contributed by atoms with van der Waals surface area (Å²) in [5.41, 5.74) is 6.30. The van der Waals surface area contributed by atoms with Gasteiger partial charge in [0.2, 0.25) is 0 Å². The highest BCUT2D eigenvalue weighted by Gasteiger charge is 2.45. The number of thiophene rings is 1. The molecule has 0 saturated heterocycles. The van der Waals surface area contributed by atoms with Crippen LogP contribution in [0.15, 0.2) is 60.0 Å². The van der Waals surface area contributed by atoms with Gasteiger partial charge in [0.1, 0.15) is 10.8 Å². The lowest BCUT2D eigenvalue weighted by Crippen LogP contribution is -2.66. The van der Waals surface area contributed by atoms with Gasteiger partial charge in [0.15, 0.2) is 5.66 Å². The molecular weight excluding hydrogens is 428 g/mol. The van der Waals surface area contributed by atoms with Crippen molar-refractivity contribution in [2.75, 3.05) is 12.4 Å². The van der Waals surface area contributed by atoms with E-state index < -0.39 is 17.5 Å². The Hall–Kier alpha value is -3.85. The van der Waals surface area contributed by atoms with E-state index in [-0.39, 0.29) is 23.5 Å². The first-order valence-electron chi connectivity index (χ1n) is 9.89. The molecule has 1 aliphatic heterocycles. The summed E-state index contributed by atoms with van der Waals surface area (Å²) in [6.45, 7) is 0.334. The number of rotatable bonds is 7. The molecule has 3 amide bonds. The van der Waals surface area contributed by atoms with E-state index in [1.54, 1.807) is 30.7 Å². The van der Waals surface area contributed by atoms with Crippen LogP contribution in [-0.4, -0.2) is 30.5 Å². The summed E-state index contributed by atoms with van der Waals surface area (Å²) in [5, 5.41) is 10.6. The highest BCUT2D eigenvalue weighted by atomic mass is 32.1. The minimum Gasteiger partial charge on any atom is -0.497 e. The molecule has 1 aromatic heterocycles. The molecule has 9 heteroatoms. The first-order valence-corrected chi connectivity index (χ1v) is 10.8. The van der Waals surface area contributed by atoms with Crippen molar-refractivity contribution >= 4 is 34.1 Å². The zero-order valence-corrected chi connectivity index (χ0v) is 18.1. The molecule has 4 rings (SSSR count). The quantitative estimate of drug-likeness (QED) is 0.440. The lowest BCUT2D eigenvalue weighted by atomic mass is 9.95. The largest absolute Gasteiger partial charge is 0.497 e. The third-order valence-corrected chi connectivity index (χ3v) is 6.13. The van der Waals surface area contributed by atoms with Crippen molar-refractivity contribution in [3.63, 3.8) is 0 Å². The lowest BCUT2D eigenvalue weighted by molar-refractivity contribution is -0.123. The van der Waals surface area contributed by atoms with Crippen molar-refractivity contribution in [3.05, 3.63) is 82.2 Å². The number of carbonyl (C=O) groups is 3. The molecule has 0 spiro atoms. The Bertz CT molecular complexity index is 1180. The average molecular weight is 451 g/mol. The van der Waals surface area contributed by atoms with Gasteiger partial charge < -0.3 is 26.4 Å².